The van der Waals surface area contributed by atoms with Crippen molar-refractivity contribution in [3.8, 4) is 5.69 Å². The summed E-state index contributed by atoms with van der Waals surface area (Å²) in [6, 6.07) is 14.6. The number of fused-ring (bicyclic) bond motifs is 1. The van der Waals surface area contributed by atoms with Gasteiger partial charge < -0.3 is 24.8 Å². The molecule has 44 heavy (non-hydrogen) atoms. The lowest BCUT2D eigenvalue weighted by Crippen LogP contribution is -2.42. The van der Waals surface area contributed by atoms with E-state index in [9.17, 15) is 14.4 Å². The first kappa shape index (κ1) is 29.1. The van der Waals surface area contributed by atoms with Crippen LogP contribution in [0, 0.1) is 6.92 Å². The number of rotatable bonds is 6. The molecule has 0 saturated carbocycles. The smallest absolute Gasteiger partial charge is 0.279 e. The van der Waals surface area contributed by atoms with Crippen LogP contribution in [0.4, 0.5) is 11.5 Å². The standard InChI is InChI=1S/C33H35N7O4/c1-21-26(6-5-7-29(21)40-33(43)27-10-9-25(37(2)3)16-23(27)19-35-40)28-17-24(20-38(4)32(28)42)36-30-11-8-22(18-34-30)31(41)39-12-14-44-15-13-39/h5-11,16-19,24H,12-15,20H2,1-4H3,(H,34,36). The summed E-state index contributed by atoms with van der Waals surface area (Å²) in [5, 5.41) is 9.21. The molecule has 0 aliphatic carbocycles. The molecule has 4 heterocycles. The Labute approximate surface area is 255 Å². The van der Waals surface area contributed by atoms with Crippen LogP contribution in [0.3, 0.4) is 0 Å². The average Bonchev–Trinajstić information content (AvgIpc) is 3.03. The number of hydrogen-bond donors (Lipinski definition) is 1. The number of nitrogens with zero attached hydrogens (tertiary/aromatic N) is 6. The molecule has 11 nitrogen and oxygen atoms in total. The van der Waals surface area contributed by atoms with Gasteiger partial charge in [-0.05, 0) is 60.5 Å². The molecule has 6 rings (SSSR count). The molecule has 2 aromatic heterocycles. The minimum absolute atomic E-state index is 0.0637. The van der Waals surface area contributed by atoms with E-state index in [0.717, 1.165) is 22.2 Å². The van der Waals surface area contributed by atoms with Crippen LogP contribution in [0.2, 0.25) is 0 Å². The summed E-state index contributed by atoms with van der Waals surface area (Å²) in [5.41, 5.74) is 3.91. The van der Waals surface area contributed by atoms with E-state index in [1.54, 1.807) is 41.4 Å². The normalized spacial score (nSPS) is 17.0. The first-order valence-corrected chi connectivity index (χ1v) is 14.6. The first-order valence-electron chi connectivity index (χ1n) is 14.6. The van der Waals surface area contributed by atoms with Gasteiger partial charge in [0.05, 0.1) is 42.1 Å². The van der Waals surface area contributed by atoms with Crippen LogP contribution < -0.4 is 15.8 Å². The third-order valence-corrected chi connectivity index (χ3v) is 8.17. The fourth-order valence-corrected chi connectivity index (χ4v) is 5.68. The molecule has 2 aliphatic rings. The monoisotopic (exact) mass is 593 g/mol. The van der Waals surface area contributed by atoms with Gasteiger partial charge in [-0.25, -0.2) is 4.98 Å². The number of hydrogen-bond acceptors (Lipinski definition) is 8. The summed E-state index contributed by atoms with van der Waals surface area (Å²) in [5.74, 6) is 0.422. The summed E-state index contributed by atoms with van der Waals surface area (Å²) in [6.07, 6.45) is 5.18. The van der Waals surface area contributed by atoms with Gasteiger partial charge in [0.15, 0.2) is 0 Å². The Kier molecular flexibility index (Phi) is 7.88. The number of benzene rings is 2. The molecule has 11 heteroatoms. The van der Waals surface area contributed by atoms with Crippen molar-refractivity contribution < 1.29 is 14.3 Å². The molecular weight excluding hydrogens is 558 g/mol. The molecule has 2 aromatic carbocycles. The van der Waals surface area contributed by atoms with Crippen LogP contribution in [-0.2, 0) is 9.53 Å². The molecule has 0 radical (unpaired) electrons. The predicted octanol–water partition coefficient (Wildman–Crippen LogP) is 2.96. The van der Waals surface area contributed by atoms with Crippen molar-refractivity contribution >= 4 is 39.7 Å². The van der Waals surface area contributed by atoms with Crippen molar-refractivity contribution in [2.24, 2.45) is 0 Å². The van der Waals surface area contributed by atoms with Crippen LogP contribution in [0.5, 0.6) is 0 Å². The molecule has 2 amide bonds. The van der Waals surface area contributed by atoms with Gasteiger partial charge in [0.2, 0.25) is 0 Å². The van der Waals surface area contributed by atoms with Crippen molar-refractivity contribution in [2.45, 2.75) is 13.0 Å². The number of pyridine rings is 1. The van der Waals surface area contributed by atoms with Gasteiger partial charge in [-0.2, -0.15) is 9.78 Å². The number of carbonyl (C=O) groups excluding carboxylic acids is 2. The third kappa shape index (κ3) is 5.53. The van der Waals surface area contributed by atoms with Crippen LogP contribution in [0.15, 0.2) is 71.8 Å². The highest BCUT2D eigenvalue weighted by molar-refractivity contribution is 6.20. The Morgan fingerprint density at radius 3 is 2.57 bits per heavy atom. The van der Waals surface area contributed by atoms with Gasteiger partial charge in [-0.15, -0.1) is 0 Å². The number of aromatic nitrogens is 3. The molecule has 0 bridgehead atoms. The van der Waals surface area contributed by atoms with E-state index < -0.39 is 0 Å². The van der Waals surface area contributed by atoms with Gasteiger partial charge in [0.1, 0.15) is 5.82 Å². The zero-order chi connectivity index (χ0) is 31.0. The summed E-state index contributed by atoms with van der Waals surface area (Å²) in [6.45, 7) is 4.55. The summed E-state index contributed by atoms with van der Waals surface area (Å²) in [4.78, 5) is 49.6. The van der Waals surface area contributed by atoms with Gasteiger partial charge in [-0.3, -0.25) is 14.4 Å². The lowest BCUT2D eigenvalue weighted by atomic mass is 9.94. The van der Waals surface area contributed by atoms with E-state index in [1.807, 2.05) is 68.4 Å². The van der Waals surface area contributed by atoms with E-state index >= 15 is 0 Å². The molecule has 4 aromatic rings. The van der Waals surface area contributed by atoms with E-state index in [1.165, 1.54) is 4.68 Å². The van der Waals surface area contributed by atoms with Crippen molar-refractivity contribution in [1.29, 1.82) is 0 Å². The van der Waals surface area contributed by atoms with Crippen molar-refractivity contribution in [2.75, 3.05) is 64.2 Å². The second-order valence-corrected chi connectivity index (χ2v) is 11.3. The highest BCUT2D eigenvalue weighted by Crippen LogP contribution is 2.29. The van der Waals surface area contributed by atoms with Gasteiger partial charge in [0.25, 0.3) is 17.4 Å². The number of ether oxygens (including phenoxy) is 1. The Morgan fingerprint density at radius 1 is 1.05 bits per heavy atom. The number of anilines is 2. The van der Waals surface area contributed by atoms with E-state index in [4.69, 9.17) is 4.74 Å². The van der Waals surface area contributed by atoms with Gasteiger partial charge >= 0.3 is 0 Å². The molecule has 1 fully saturated rings. The van der Waals surface area contributed by atoms with Crippen LogP contribution in [0.25, 0.3) is 22.0 Å². The van der Waals surface area contributed by atoms with E-state index in [-0.39, 0.29) is 23.4 Å². The molecular formula is C33H35N7O4. The molecule has 1 saturated heterocycles. The fourth-order valence-electron chi connectivity index (χ4n) is 5.68. The molecule has 226 valence electrons. The molecule has 0 spiro atoms. The molecule has 1 atom stereocenters. The van der Waals surface area contributed by atoms with E-state index in [2.05, 4.69) is 15.4 Å². The van der Waals surface area contributed by atoms with Crippen LogP contribution >= 0.6 is 0 Å². The topological polar surface area (TPSA) is 113 Å². The molecule has 2 aliphatic heterocycles. The summed E-state index contributed by atoms with van der Waals surface area (Å²) in [7, 11) is 5.66. The maximum absolute atomic E-state index is 13.5. The van der Waals surface area contributed by atoms with Crippen molar-refractivity contribution in [1.82, 2.24) is 24.6 Å². The predicted molar refractivity (Wildman–Crippen MR) is 170 cm³/mol. The fraction of sp³-hybridized carbons (Fsp3) is 0.303. The van der Waals surface area contributed by atoms with E-state index in [0.29, 0.717) is 60.9 Å². The number of amides is 2. The number of carbonyl (C=O) groups is 2. The highest BCUT2D eigenvalue weighted by Gasteiger charge is 2.28. The second kappa shape index (κ2) is 11.9. The number of nitrogens with one attached hydrogen (secondary N) is 1. The average molecular weight is 594 g/mol. The Hall–Kier alpha value is -5.03. The lowest BCUT2D eigenvalue weighted by molar-refractivity contribution is -0.124. The zero-order valence-corrected chi connectivity index (χ0v) is 25.3. The quantitative estimate of drug-likeness (QED) is 0.363. The zero-order valence-electron chi connectivity index (χ0n) is 25.3. The molecule has 1 N–H and O–H groups in total. The third-order valence-electron chi connectivity index (χ3n) is 8.17. The van der Waals surface area contributed by atoms with Crippen LogP contribution in [0.1, 0.15) is 21.5 Å². The molecule has 1 unspecified atom stereocenters. The second-order valence-electron chi connectivity index (χ2n) is 11.3. The largest absolute Gasteiger partial charge is 0.378 e. The van der Waals surface area contributed by atoms with Crippen LogP contribution in [-0.4, -0.2) is 96.4 Å². The van der Waals surface area contributed by atoms with Gasteiger partial charge in [0, 0.05) is 63.6 Å². The number of likely N-dealkylation sites (N-methyl/N-ethyl adjacent to an activating group) is 1. The lowest BCUT2D eigenvalue weighted by Gasteiger charge is -2.30. The minimum atomic E-state index is -0.227. The highest BCUT2D eigenvalue weighted by atomic mass is 16.5. The maximum Gasteiger partial charge on any atom is 0.279 e. The SMILES string of the molecule is Cc1c(C2=CC(Nc3ccc(C(=O)N4CCOCC4)cn3)CN(C)C2=O)cccc1-n1ncc2cc(N(C)C)ccc2c1=O. The first-order chi connectivity index (χ1) is 21.2. The van der Waals surface area contributed by atoms with Gasteiger partial charge in [-0.1, -0.05) is 12.1 Å². The number of morpholine rings is 1. The Morgan fingerprint density at radius 2 is 1.84 bits per heavy atom. The summed E-state index contributed by atoms with van der Waals surface area (Å²) < 4.78 is 6.74. The maximum atomic E-state index is 13.5. The minimum Gasteiger partial charge on any atom is -0.378 e. The Balaban J connectivity index is 1.28. The van der Waals surface area contributed by atoms with Crippen molar-refractivity contribution in [3.05, 3.63) is 94.0 Å². The Bertz CT molecular complexity index is 1820. The van der Waals surface area contributed by atoms with Crippen molar-refractivity contribution in [3.63, 3.8) is 0 Å². The summed E-state index contributed by atoms with van der Waals surface area (Å²) >= 11 is 0.